The average molecular weight is 267 g/mol. The van der Waals surface area contributed by atoms with Crippen LogP contribution in [0.25, 0.3) is 0 Å². The Morgan fingerprint density at radius 2 is 1.53 bits per heavy atom. The summed E-state index contributed by atoms with van der Waals surface area (Å²) in [5.41, 5.74) is 1.14. The van der Waals surface area contributed by atoms with Crippen molar-refractivity contribution >= 4 is 0 Å². The van der Waals surface area contributed by atoms with Crippen LogP contribution in [0.5, 0.6) is 17.2 Å². The minimum atomic E-state index is 0.272. The van der Waals surface area contributed by atoms with Gasteiger partial charge in [-0.3, -0.25) is 0 Å². The van der Waals surface area contributed by atoms with Crippen LogP contribution in [0.1, 0.15) is 31.9 Å². The predicted molar refractivity (Wildman–Crippen MR) is 77.4 cm³/mol. The van der Waals surface area contributed by atoms with Crippen molar-refractivity contribution in [1.82, 2.24) is 5.32 Å². The quantitative estimate of drug-likeness (QED) is 0.824. The molecule has 1 rings (SSSR count). The summed E-state index contributed by atoms with van der Waals surface area (Å²) < 4.78 is 16.1. The first-order valence-corrected chi connectivity index (χ1v) is 6.54. The van der Waals surface area contributed by atoms with Crippen molar-refractivity contribution in [3.8, 4) is 17.2 Å². The molecule has 0 heterocycles. The molecule has 0 spiro atoms. The molecule has 4 nitrogen and oxygen atoms in total. The Labute approximate surface area is 116 Å². The van der Waals surface area contributed by atoms with Crippen LogP contribution < -0.4 is 19.5 Å². The topological polar surface area (TPSA) is 39.7 Å². The largest absolute Gasteiger partial charge is 0.493 e. The van der Waals surface area contributed by atoms with E-state index in [9.17, 15) is 0 Å². The fraction of sp³-hybridized carbons (Fsp3) is 0.600. The summed E-state index contributed by atoms with van der Waals surface area (Å²) in [5.74, 6) is 2.63. The maximum Gasteiger partial charge on any atom is 0.203 e. The molecule has 0 saturated heterocycles. The zero-order chi connectivity index (χ0) is 14.4. The predicted octanol–water partition coefficient (Wildman–Crippen LogP) is 3.02. The fourth-order valence-electron chi connectivity index (χ4n) is 2.19. The summed E-state index contributed by atoms with van der Waals surface area (Å²) in [7, 11) is 6.86. The zero-order valence-electron chi connectivity index (χ0n) is 12.7. The van der Waals surface area contributed by atoms with Crippen molar-refractivity contribution in [3.05, 3.63) is 17.7 Å². The number of benzene rings is 1. The Kier molecular flexibility index (Phi) is 5.96. The Hall–Kier alpha value is -1.42. The molecule has 0 saturated carbocycles. The molecule has 0 amide bonds. The van der Waals surface area contributed by atoms with E-state index >= 15 is 0 Å². The second-order valence-electron chi connectivity index (χ2n) is 4.93. The van der Waals surface area contributed by atoms with Crippen LogP contribution in [0.2, 0.25) is 0 Å². The molecule has 0 aromatic heterocycles. The van der Waals surface area contributed by atoms with E-state index < -0.39 is 0 Å². The second-order valence-corrected chi connectivity index (χ2v) is 4.93. The number of rotatable bonds is 7. The van der Waals surface area contributed by atoms with Crippen molar-refractivity contribution in [2.45, 2.75) is 26.3 Å². The van der Waals surface area contributed by atoms with Gasteiger partial charge in [0, 0.05) is 6.04 Å². The van der Waals surface area contributed by atoms with Crippen LogP contribution in [-0.4, -0.2) is 28.4 Å². The lowest BCUT2D eigenvalue weighted by Crippen LogP contribution is -2.18. The van der Waals surface area contributed by atoms with Crippen molar-refractivity contribution in [3.63, 3.8) is 0 Å². The molecule has 1 aromatic rings. The second kappa shape index (κ2) is 7.24. The van der Waals surface area contributed by atoms with E-state index in [1.807, 2.05) is 19.2 Å². The van der Waals surface area contributed by atoms with Crippen molar-refractivity contribution in [2.75, 3.05) is 28.4 Å². The minimum absolute atomic E-state index is 0.272. The lowest BCUT2D eigenvalue weighted by molar-refractivity contribution is 0.322. The van der Waals surface area contributed by atoms with Crippen LogP contribution in [0.4, 0.5) is 0 Å². The number of ether oxygens (including phenoxy) is 3. The molecule has 0 aliphatic carbocycles. The molecular formula is C15H25NO3. The van der Waals surface area contributed by atoms with Crippen molar-refractivity contribution in [2.24, 2.45) is 5.92 Å². The number of nitrogens with one attached hydrogen (secondary N) is 1. The zero-order valence-corrected chi connectivity index (χ0v) is 12.7. The van der Waals surface area contributed by atoms with Crippen LogP contribution in [-0.2, 0) is 0 Å². The third-order valence-corrected chi connectivity index (χ3v) is 3.14. The molecule has 1 N–H and O–H groups in total. The SMILES string of the molecule is CNC(CC(C)C)c1cc(OC)c(OC)c(OC)c1. The van der Waals surface area contributed by atoms with Crippen LogP contribution in [0.15, 0.2) is 12.1 Å². The summed E-state index contributed by atoms with van der Waals surface area (Å²) >= 11 is 0. The van der Waals surface area contributed by atoms with E-state index in [0.29, 0.717) is 23.2 Å². The summed E-state index contributed by atoms with van der Waals surface area (Å²) in [4.78, 5) is 0. The number of hydrogen-bond donors (Lipinski definition) is 1. The van der Waals surface area contributed by atoms with Gasteiger partial charge in [-0.1, -0.05) is 13.8 Å². The molecule has 0 aliphatic rings. The highest BCUT2D eigenvalue weighted by atomic mass is 16.5. The van der Waals surface area contributed by atoms with E-state index in [-0.39, 0.29) is 6.04 Å². The maximum absolute atomic E-state index is 5.39. The molecule has 1 atom stereocenters. The van der Waals surface area contributed by atoms with Crippen molar-refractivity contribution in [1.29, 1.82) is 0 Å². The first kappa shape index (κ1) is 15.6. The third-order valence-electron chi connectivity index (χ3n) is 3.14. The van der Waals surface area contributed by atoms with E-state index in [1.54, 1.807) is 21.3 Å². The monoisotopic (exact) mass is 267 g/mol. The molecule has 1 unspecified atom stereocenters. The fourth-order valence-corrected chi connectivity index (χ4v) is 2.19. The molecule has 108 valence electrons. The van der Waals surface area contributed by atoms with Gasteiger partial charge in [-0.05, 0) is 37.1 Å². The summed E-state index contributed by atoms with van der Waals surface area (Å²) in [6.45, 7) is 4.42. The Morgan fingerprint density at radius 3 is 1.84 bits per heavy atom. The molecule has 4 heteroatoms. The van der Waals surface area contributed by atoms with Gasteiger partial charge in [0.25, 0.3) is 0 Å². The molecule has 0 aliphatic heterocycles. The van der Waals surface area contributed by atoms with Gasteiger partial charge < -0.3 is 19.5 Å². The van der Waals surface area contributed by atoms with Gasteiger partial charge >= 0.3 is 0 Å². The first-order valence-electron chi connectivity index (χ1n) is 6.54. The van der Waals surface area contributed by atoms with Gasteiger partial charge in [-0.25, -0.2) is 0 Å². The molecule has 0 fully saturated rings. The summed E-state index contributed by atoms with van der Waals surface area (Å²) in [5, 5.41) is 3.34. The molecule has 0 bridgehead atoms. The van der Waals surface area contributed by atoms with Gasteiger partial charge in [-0.15, -0.1) is 0 Å². The van der Waals surface area contributed by atoms with E-state index in [2.05, 4.69) is 19.2 Å². The highest BCUT2D eigenvalue weighted by molar-refractivity contribution is 5.54. The lowest BCUT2D eigenvalue weighted by Gasteiger charge is -2.21. The van der Waals surface area contributed by atoms with Gasteiger partial charge in [0.2, 0.25) is 5.75 Å². The van der Waals surface area contributed by atoms with E-state index in [0.717, 1.165) is 12.0 Å². The maximum atomic E-state index is 5.39. The third kappa shape index (κ3) is 3.77. The average Bonchev–Trinajstić information content (AvgIpc) is 2.42. The van der Waals surface area contributed by atoms with Crippen LogP contribution >= 0.6 is 0 Å². The lowest BCUT2D eigenvalue weighted by atomic mass is 9.96. The van der Waals surface area contributed by atoms with Crippen LogP contribution in [0, 0.1) is 5.92 Å². The molecule has 19 heavy (non-hydrogen) atoms. The number of hydrogen-bond acceptors (Lipinski definition) is 4. The van der Waals surface area contributed by atoms with Crippen LogP contribution in [0.3, 0.4) is 0 Å². The minimum Gasteiger partial charge on any atom is -0.493 e. The smallest absolute Gasteiger partial charge is 0.203 e. The highest BCUT2D eigenvalue weighted by Crippen LogP contribution is 2.40. The standard InChI is InChI=1S/C15H25NO3/c1-10(2)7-12(16-3)11-8-13(17-4)15(19-6)14(9-11)18-5/h8-10,12,16H,7H2,1-6H3. The molecule has 0 radical (unpaired) electrons. The van der Waals surface area contributed by atoms with E-state index in [4.69, 9.17) is 14.2 Å². The van der Waals surface area contributed by atoms with Gasteiger partial charge in [0.1, 0.15) is 0 Å². The van der Waals surface area contributed by atoms with E-state index in [1.165, 1.54) is 0 Å². The van der Waals surface area contributed by atoms with Gasteiger partial charge in [0.15, 0.2) is 11.5 Å². The first-order chi connectivity index (χ1) is 9.07. The Bertz CT molecular complexity index is 379. The Morgan fingerprint density at radius 1 is 1.00 bits per heavy atom. The Balaban J connectivity index is 3.20. The summed E-state index contributed by atoms with van der Waals surface area (Å²) in [6, 6.07) is 4.28. The van der Waals surface area contributed by atoms with Gasteiger partial charge in [0.05, 0.1) is 21.3 Å². The highest BCUT2D eigenvalue weighted by Gasteiger charge is 2.18. The number of methoxy groups -OCH3 is 3. The normalized spacial score (nSPS) is 12.4. The van der Waals surface area contributed by atoms with Crippen molar-refractivity contribution < 1.29 is 14.2 Å². The van der Waals surface area contributed by atoms with Gasteiger partial charge in [-0.2, -0.15) is 0 Å². The molecular weight excluding hydrogens is 242 g/mol. The molecule has 1 aromatic carbocycles. The summed E-state index contributed by atoms with van der Waals surface area (Å²) in [6.07, 6.45) is 1.05.